The molecule has 1 amide bonds. The fourth-order valence-electron chi connectivity index (χ4n) is 2.15. The van der Waals surface area contributed by atoms with Gasteiger partial charge in [0.2, 0.25) is 0 Å². The van der Waals surface area contributed by atoms with Crippen LogP contribution in [0.25, 0.3) is 0 Å². The summed E-state index contributed by atoms with van der Waals surface area (Å²) in [6.45, 7) is 3.85. The number of aryl methyl sites for hydroxylation is 2. The van der Waals surface area contributed by atoms with Crippen LogP contribution in [0.5, 0.6) is 0 Å². The van der Waals surface area contributed by atoms with E-state index in [-0.39, 0.29) is 16.4 Å². The van der Waals surface area contributed by atoms with Crippen LogP contribution in [0.15, 0.2) is 22.0 Å². The molecule has 0 aliphatic heterocycles. The Bertz CT molecular complexity index is 675. The van der Waals surface area contributed by atoms with Gasteiger partial charge in [-0.2, -0.15) is 4.99 Å². The molecule has 0 radical (unpaired) electrons. The predicted molar refractivity (Wildman–Crippen MR) is 83.1 cm³/mol. The number of sulfone groups is 1. The average molecular weight is 311 g/mol. The van der Waals surface area contributed by atoms with Crippen molar-refractivity contribution in [1.82, 2.24) is 0 Å². The Morgan fingerprint density at radius 2 is 1.81 bits per heavy atom. The molecule has 116 valence electrons. The molecule has 0 aromatic heterocycles. The molecule has 0 aliphatic carbocycles. The molecule has 0 fully saturated rings. The molecule has 7 heteroatoms. The molecule has 6 nitrogen and oxygen atoms in total. The highest BCUT2D eigenvalue weighted by atomic mass is 32.2. The van der Waals surface area contributed by atoms with Gasteiger partial charge in [-0.05, 0) is 30.0 Å². The van der Waals surface area contributed by atoms with Crippen molar-refractivity contribution in [3.63, 3.8) is 0 Å². The number of amides is 1. The maximum atomic E-state index is 12.0. The van der Waals surface area contributed by atoms with Crippen LogP contribution < -0.4 is 11.5 Å². The molecular formula is C14H21N3O3S. The molecule has 0 atom stereocenters. The number of aliphatic imine (C=N–C) groups is 1. The van der Waals surface area contributed by atoms with Gasteiger partial charge in [0.05, 0.1) is 4.90 Å². The lowest BCUT2D eigenvalue weighted by Gasteiger charge is -2.13. The summed E-state index contributed by atoms with van der Waals surface area (Å²) in [6.07, 6.45) is 3.16. The first kappa shape index (κ1) is 17.2. The second-order valence-corrected chi connectivity index (χ2v) is 6.82. The lowest BCUT2D eigenvalue weighted by molar-refractivity contribution is 0.100. The first-order chi connectivity index (χ1) is 9.70. The van der Waals surface area contributed by atoms with E-state index in [1.165, 1.54) is 6.07 Å². The van der Waals surface area contributed by atoms with Gasteiger partial charge in [-0.15, -0.1) is 0 Å². The van der Waals surface area contributed by atoms with Crippen molar-refractivity contribution < 1.29 is 13.2 Å². The van der Waals surface area contributed by atoms with E-state index in [9.17, 15) is 13.2 Å². The van der Waals surface area contributed by atoms with Gasteiger partial charge in [0, 0.05) is 11.8 Å². The fourth-order valence-corrected chi connectivity index (χ4v) is 3.12. The number of nitrogens with zero attached hydrogens (tertiary/aromatic N) is 1. The van der Waals surface area contributed by atoms with Crippen LogP contribution in [0.3, 0.4) is 0 Å². The Labute approximate surface area is 125 Å². The van der Waals surface area contributed by atoms with Crippen LogP contribution in [0.1, 0.15) is 41.8 Å². The predicted octanol–water partition coefficient (Wildman–Crippen LogP) is 1.02. The summed E-state index contributed by atoms with van der Waals surface area (Å²) < 4.78 is 23.9. The van der Waals surface area contributed by atoms with Gasteiger partial charge in [-0.25, -0.2) is 8.42 Å². The SMILES string of the molecule is CCCc1cc(CC)c(C(=O)N=C(N)N)cc1S(C)(=O)=O. The van der Waals surface area contributed by atoms with Crippen molar-refractivity contribution in [2.24, 2.45) is 16.5 Å². The first-order valence-corrected chi connectivity index (χ1v) is 8.59. The molecule has 0 bridgehead atoms. The molecule has 0 saturated carbocycles. The number of hydrogen-bond donors (Lipinski definition) is 2. The molecule has 0 heterocycles. The molecule has 0 spiro atoms. The van der Waals surface area contributed by atoms with Gasteiger partial charge < -0.3 is 11.5 Å². The third kappa shape index (κ3) is 4.29. The summed E-state index contributed by atoms with van der Waals surface area (Å²) >= 11 is 0. The van der Waals surface area contributed by atoms with Crippen LogP contribution in [0.2, 0.25) is 0 Å². The molecule has 0 unspecified atom stereocenters. The first-order valence-electron chi connectivity index (χ1n) is 6.70. The molecule has 1 aromatic carbocycles. The van der Waals surface area contributed by atoms with Crippen molar-refractivity contribution in [2.45, 2.75) is 38.0 Å². The lowest BCUT2D eigenvalue weighted by atomic mass is 9.99. The second kappa shape index (κ2) is 6.71. The van der Waals surface area contributed by atoms with E-state index >= 15 is 0 Å². The highest BCUT2D eigenvalue weighted by molar-refractivity contribution is 7.90. The standard InChI is InChI=1S/C14H21N3O3S/c1-4-6-10-7-9(5-2)11(13(18)17-14(15)16)8-12(10)21(3,19)20/h7-8H,4-6H2,1-3H3,(H4,15,16,17,18). The monoisotopic (exact) mass is 311 g/mol. The molecule has 1 aromatic rings. The van der Waals surface area contributed by atoms with Crippen molar-refractivity contribution in [3.8, 4) is 0 Å². The van der Waals surface area contributed by atoms with Crippen LogP contribution in [-0.4, -0.2) is 26.5 Å². The molecular weight excluding hydrogens is 290 g/mol. The van der Waals surface area contributed by atoms with E-state index < -0.39 is 15.7 Å². The molecule has 21 heavy (non-hydrogen) atoms. The maximum Gasteiger partial charge on any atom is 0.280 e. The highest BCUT2D eigenvalue weighted by Gasteiger charge is 2.19. The van der Waals surface area contributed by atoms with Gasteiger partial charge in [-0.1, -0.05) is 26.3 Å². The number of hydrogen-bond acceptors (Lipinski definition) is 3. The summed E-state index contributed by atoms with van der Waals surface area (Å²) in [5.41, 5.74) is 12.1. The summed E-state index contributed by atoms with van der Waals surface area (Å²) in [5.74, 6) is -0.972. The van der Waals surface area contributed by atoms with E-state index in [0.717, 1.165) is 23.8 Å². The zero-order valence-electron chi connectivity index (χ0n) is 12.5. The molecule has 0 aliphatic rings. The van der Waals surface area contributed by atoms with Crippen LogP contribution in [0, 0.1) is 0 Å². The van der Waals surface area contributed by atoms with Crippen LogP contribution in [0.4, 0.5) is 0 Å². The second-order valence-electron chi connectivity index (χ2n) is 4.83. The normalized spacial score (nSPS) is 11.2. The summed E-state index contributed by atoms with van der Waals surface area (Å²) in [6, 6.07) is 3.14. The fraction of sp³-hybridized carbons (Fsp3) is 0.429. The smallest absolute Gasteiger partial charge is 0.280 e. The zero-order chi connectivity index (χ0) is 16.2. The third-order valence-corrected chi connectivity index (χ3v) is 4.23. The quantitative estimate of drug-likeness (QED) is 0.622. The Kier molecular flexibility index (Phi) is 5.48. The van der Waals surface area contributed by atoms with E-state index in [1.54, 1.807) is 6.07 Å². The Hall–Kier alpha value is -1.89. The van der Waals surface area contributed by atoms with E-state index in [2.05, 4.69) is 4.99 Å². The number of nitrogens with two attached hydrogens (primary N) is 2. The topological polar surface area (TPSA) is 116 Å². The van der Waals surface area contributed by atoms with Gasteiger partial charge in [0.15, 0.2) is 15.8 Å². The van der Waals surface area contributed by atoms with E-state index in [1.807, 2.05) is 13.8 Å². The zero-order valence-corrected chi connectivity index (χ0v) is 13.3. The Morgan fingerprint density at radius 3 is 2.24 bits per heavy atom. The molecule has 4 N–H and O–H groups in total. The van der Waals surface area contributed by atoms with Crippen molar-refractivity contribution in [3.05, 3.63) is 28.8 Å². The number of carbonyl (C=O) groups excluding carboxylic acids is 1. The van der Waals surface area contributed by atoms with Crippen molar-refractivity contribution >= 4 is 21.7 Å². The minimum Gasteiger partial charge on any atom is -0.370 e. The van der Waals surface area contributed by atoms with Crippen molar-refractivity contribution in [1.29, 1.82) is 0 Å². The lowest BCUT2D eigenvalue weighted by Crippen LogP contribution is -2.24. The number of guanidine groups is 1. The molecule has 0 saturated heterocycles. The summed E-state index contributed by atoms with van der Waals surface area (Å²) in [4.78, 5) is 15.7. The third-order valence-electron chi connectivity index (χ3n) is 3.05. The van der Waals surface area contributed by atoms with Gasteiger partial charge in [-0.3, -0.25) is 4.79 Å². The van der Waals surface area contributed by atoms with E-state index in [4.69, 9.17) is 11.5 Å². The number of benzene rings is 1. The van der Waals surface area contributed by atoms with Crippen LogP contribution >= 0.6 is 0 Å². The Morgan fingerprint density at radius 1 is 1.19 bits per heavy atom. The summed E-state index contributed by atoms with van der Waals surface area (Å²) in [5, 5.41) is 0. The van der Waals surface area contributed by atoms with Crippen LogP contribution in [-0.2, 0) is 22.7 Å². The largest absolute Gasteiger partial charge is 0.370 e. The number of rotatable bonds is 5. The number of carbonyl (C=O) groups is 1. The minimum atomic E-state index is -3.43. The average Bonchev–Trinajstić information content (AvgIpc) is 2.36. The maximum absolute atomic E-state index is 12.0. The molecule has 1 rings (SSSR count). The minimum absolute atomic E-state index is 0.163. The summed E-state index contributed by atoms with van der Waals surface area (Å²) in [7, 11) is -3.43. The highest BCUT2D eigenvalue weighted by Crippen LogP contribution is 2.24. The van der Waals surface area contributed by atoms with Gasteiger partial charge in [0.1, 0.15) is 0 Å². The van der Waals surface area contributed by atoms with Gasteiger partial charge in [0.25, 0.3) is 5.91 Å². The van der Waals surface area contributed by atoms with Crippen molar-refractivity contribution in [2.75, 3.05) is 6.26 Å². The Balaban J connectivity index is 3.59. The van der Waals surface area contributed by atoms with Gasteiger partial charge >= 0.3 is 0 Å². The van der Waals surface area contributed by atoms with E-state index in [0.29, 0.717) is 12.8 Å².